The highest BCUT2D eigenvalue weighted by atomic mass is 35.5. The van der Waals surface area contributed by atoms with E-state index < -0.39 is 0 Å². The van der Waals surface area contributed by atoms with Crippen molar-refractivity contribution >= 4 is 23.2 Å². The standard InChI is InChI=1S/C20H23ClN4O4/c21-13-3-4-17(18(27)8-13)20(29)24-6-1-2-14(11-24)25-19(28)9-15(10-22-25)23-7-5-16(26)12-23/h3-4,8-10,14,16,26-27H,1-2,5-7,11-12H2/t14-,16+/m1/s1. The van der Waals surface area contributed by atoms with E-state index in [1.54, 1.807) is 17.2 Å². The lowest BCUT2D eigenvalue weighted by Gasteiger charge is -2.33. The number of carbonyl (C=O) groups is 1. The molecule has 2 fully saturated rings. The van der Waals surface area contributed by atoms with Crippen LogP contribution in [0.4, 0.5) is 5.69 Å². The average molecular weight is 419 g/mol. The minimum atomic E-state index is -0.375. The first-order valence-electron chi connectivity index (χ1n) is 9.72. The van der Waals surface area contributed by atoms with Crippen LogP contribution in [-0.2, 0) is 0 Å². The lowest BCUT2D eigenvalue weighted by atomic mass is 10.0. The molecular weight excluding hydrogens is 396 g/mol. The number of hydrogen-bond acceptors (Lipinski definition) is 6. The van der Waals surface area contributed by atoms with Crippen molar-refractivity contribution < 1.29 is 15.0 Å². The second kappa shape index (κ2) is 8.04. The molecule has 2 N–H and O–H groups in total. The summed E-state index contributed by atoms with van der Waals surface area (Å²) in [4.78, 5) is 29.1. The predicted molar refractivity (Wildman–Crippen MR) is 109 cm³/mol. The highest BCUT2D eigenvalue weighted by molar-refractivity contribution is 6.30. The number of aromatic nitrogens is 2. The van der Waals surface area contributed by atoms with Gasteiger partial charge in [-0.1, -0.05) is 11.6 Å². The summed E-state index contributed by atoms with van der Waals surface area (Å²) in [6.45, 7) is 2.09. The fourth-order valence-corrected chi connectivity index (χ4v) is 4.19. The summed E-state index contributed by atoms with van der Waals surface area (Å²) < 4.78 is 1.43. The molecule has 2 aliphatic rings. The molecule has 0 spiro atoms. The van der Waals surface area contributed by atoms with Crippen molar-refractivity contribution in [2.45, 2.75) is 31.4 Å². The molecule has 4 rings (SSSR count). The Labute approximate surface area is 172 Å². The summed E-state index contributed by atoms with van der Waals surface area (Å²) in [6, 6.07) is 5.73. The van der Waals surface area contributed by atoms with Gasteiger partial charge in [0.2, 0.25) is 0 Å². The van der Waals surface area contributed by atoms with Crippen LogP contribution in [0.1, 0.15) is 35.7 Å². The number of benzene rings is 1. The monoisotopic (exact) mass is 418 g/mol. The number of aliphatic hydroxyl groups is 1. The Kier molecular flexibility index (Phi) is 5.47. The van der Waals surface area contributed by atoms with E-state index in [-0.39, 0.29) is 34.9 Å². The fraction of sp³-hybridized carbons (Fsp3) is 0.450. The Morgan fingerprint density at radius 2 is 2.00 bits per heavy atom. The highest BCUT2D eigenvalue weighted by Gasteiger charge is 2.28. The molecule has 2 aliphatic heterocycles. The number of β-amino-alcohol motifs (C(OH)–C–C–N with tert-alkyl or cyclic N) is 1. The van der Waals surface area contributed by atoms with E-state index in [1.165, 1.54) is 22.9 Å². The van der Waals surface area contributed by atoms with Crippen LogP contribution in [-0.4, -0.2) is 63.1 Å². The molecule has 154 valence electrons. The lowest BCUT2D eigenvalue weighted by molar-refractivity contribution is 0.0667. The topological polar surface area (TPSA) is 98.9 Å². The third-order valence-corrected chi connectivity index (χ3v) is 5.79. The van der Waals surface area contributed by atoms with E-state index >= 15 is 0 Å². The zero-order chi connectivity index (χ0) is 20.5. The number of likely N-dealkylation sites (tertiary alicyclic amines) is 1. The van der Waals surface area contributed by atoms with Crippen LogP contribution in [0.3, 0.4) is 0 Å². The number of hydrogen-bond donors (Lipinski definition) is 2. The van der Waals surface area contributed by atoms with Gasteiger partial charge in [-0.2, -0.15) is 5.10 Å². The SMILES string of the molecule is O=C(c1ccc(Cl)cc1O)N1CCC[C@@H](n2ncc(N3CC[C@H](O)C3)cc2=O)C1. The maximum Gasteiger partial charge on any atom is 0.269 e. The van der Waals surface area contributed by atoms with E-state index in [0.29, 0.717) is 43.3 Å². The van der Waals surface area contributed by atoms with Gasteiger partial charge in [-0.05, 0) is 37.5 Å². The van der Waals surface area contributed by atoms with E-state index in [1.807, 2.05) is 4.90 Å². The van der Waals surface area contributed by atoms with Gasteiger partial charge in [-0.3, -0.25) is 9.59 Å². The number of phenolic OH excluding ortho intramolecular Hbond substituents is 1. The Hall–Kier alpha value is -2.58. The summed E-state index contributed by atoms with van der Waals surface area (Å²) in [7, 11) is 0. The number of carbonyl (C=O) groups excluding carboxylic acids is 1. The largest absolute Gasteiger partial charge is 0.507 e. The highest BCUT2D eigenvalue weighted by Crippen LogP contribution is 2.27. The van der Waals surface area contributed by atoms with E-state index in [2.05, 4.69) is 5.10 Å². The van der Waals surface area contributed by atoms with Gasteiger partial charge in [0, 0.05) is 37.3 Å². The zero-order valence-corrected chi connectivity index (χ0v) is 16.6. The van der Waals surface area contributed by atoms with Gasteiger partial charge in [0.05, 0.1) is 29.6 Å². The number of aliphatic hydroxyl groups excluding tert-OH is 1. The first kappa shape index (κ1) is 19.7. The number of phenols is 1. The number of amides is 1. The predicted octanol–water partition coefficient (Wildman–Crippen LogP) is 1.65. The Balaban J connectivity index is 1.51. The first-order chi connectivity index (χ1) is 13.9. The molecule has 2 atom stereocenters. The molecule has 0 unspecified atom stereocenters. The van der Waals surface area contributed by atoms with Crippen molar-refractivity contribution in [1.82, 2.24) is 14.7 Å². The minimum absolute atomic E-state index is 0.155. The molecule has 0 saturated carbocycles. The van der Waals surface area contributed by atoms with Crippen molar-refractivity contribution in [3.05, 3.63) is 51.4 Å². The summed E-state index contributed by atoms with van der Waals surface area (Å²) in [5.41, 5.74) is 0.674. The van der Waals surface area contributed by atoms with E-state index in [9.17, 15) is 19.8 Å². The molecule has 0 aliphatic carbocycles. The summed E-state index contributed by atoms with van der Waals surface area (Å²) in [5.74, 6) is -0.448. The van der Waals surface area contributed by atoms with Gasteiger partial charge in [0.1, 0.15) is 5.75 Å². The molecule has 3 heterocycles. The van der Waals surface area contributed by atoms with Gasteiger partial charge in [0.25, 0.3) is 11.5 Å². The van der Waals surface area contributed by atoms with Crippen molar-refractivity contribution in [3.8, 4) is 5.75 Å². The van der Waals surface area contributed by atoms with Gasteiger partial charge in [0.15, 0.2) is 0 Å². The number of halogens is 1. The molecule has 0 bridgehead atoms. The average Bonchev–Trinajstić information content (AvgIpc) is 3.14. The van der Waals surface area contributed by atoms with Gasteiger partial charge in [-0.25, -0.2) is 4.68 Å². The Morgan fingerprint density at radius 3 is 2.69 bits per heavy atom. The second-order valence-electron chi connectivity index (χ2n) is 7.59. The normalized spacial score (nSPS) is 22.1. The molecule has 9 heteroatoms. The Morgan fingerprint density at radius 1 is 1.17 bits per heavy atom. The van der Waals surface area contributed by atoms with Crippen molar-refractivity contribution in [2.75, 3.05) is 31.1 Å². The maximum absolute atomic E-state index is 12.8. The number of nitrogens with zero attached hydrogens (tertiary/aromatic N) is 4. The molecule has 0 radical (unpaired) electrons. The van der Waals surface area contributed by atoms with Crippen LogP contribution in [0.25, 0.3) is 0 Å². The van der Waals surface area contributed by atoms with Crippen molar-refractivity contribution in [1.29, 1.82) is 0 Å². The molecule has 8 nitrogen and oxygen atoms in total. The van der Waals surface area contributed by atoms with E-state index in [4.69, 9.17) is 11.6 Å². The molecule has 29 heavy (non-hydrogen) atoms. The van der Waals surface area contributed by atoms with Gasteiger partial charge in [-0.15, -0.1) is 0 Å². The quantitative estimate of drug-likeness (QED) is 0.786. The third-order valence-electron chi connectivity index (χ3n) is 5.56. The van der Waals surface area contributed by atoms with Crippen LogP contribution in [0.2, 0.25) is 5.02 Å². The summed E-state index contributed by atoms with van der Waals surface area (Å²) >= 11 is 5.85. The van der Waals surface area contributed by atoms with Crippen molar-refractivity contribution in [2.24, 2.45) is 0 Å². The summed E-state index contributed by atoms with van der Waals surface area (Å²) in [5, 5.41) is 24.4. The van der Waals surface area contributed by atoms with Crippen LogP contribution in [0.15, 0.2) is 35.3 Å². The zero-order valence-electron chi connectivity index (χ0n) is 15.9. The number of piperidine rings is 1. The Bertz CT molecular complexity index is 979. The molecular formula is C20H23ClN4O4. The third kappa shape index (κ3) is 4.09. The van der Waals surface area contributed by atoms with Gasteiger partial charge >= 0.3 is 0 Å². The smallest absolute Gasteiger partial charge is 0.269 e. The molecule has 1 aromatic heterocycles. The second-order valence-corrected chi connectivity index (χ2v) is 8.03. The number of aromatic hydroxyl groups is 1. The van der Waals surface area contributed by atoms with E-state index in [0.717, 1.165) is 12.8 Å². The molecule has 1 amide bonds. The van der Waals surface area contributed by atoms with Crippen LogP contribution < -0.4 is 10.5 Å². The molecule has 2 aromatic rings. The van der Waals surface area contributed by atoms with Crippen LogP contribution in [0, 0.1) is 0 Å². The summed E-state index contributed by atoms with van der Waals surface area (Å²) in [6.07, 6.45) is 3.43. The van der Waals surface area contributed by atoms with Crippen LogP contribution >= 0.6 is 11.6 Å². The fourth-order valence-electron chi connectivity index (χ4n) is 4.03. The van der Waals surface area contributed by atoms with Crippen molar-refractivity contribution in [3.63, 3.8) is 0 Å². The maximum atomic E-state index is 12.8. The molecule has 2 saturated heterocycles. The minimum Gasteiger partial charge on any atom is -0.507 e. The first-order valence-corrected chi connectivity index (χ1v) is 10.1. The molecule has 1 aromatic carbocycles. The van der Waals surface area contributed by atoms with Gasteiger partial charge < -0.3 is 20.0 Å². The number of anilines is 1. The lowest BCUT2D eigenvalue weighted by Crippen LogP contribution is -2.43. The van der Waals surface area contributed by atoms with Crippen LogP contribution in [0.5, 0.6) is 5.75 Å². The number of rotatable bonds is 3.